The van der Waals surface area contributed by atoms with Crippen LogP contribution in [-0.4, -0.2) is 10.9 Å². The molecule has 2 heterocycles. The van der Waals surface area contributed by atoms with Crippen LogP contribution in [0.15, 0.2) is 23.6 Å². The van der Waals surface area contributed by atoms with Crippen molar-refractivity contribution in [1.29, 1.82) is 0 Å². The largest absolute Gasteiger partial charge is 0.364 e. The number of fused-ring (bicyclic) bond motifs is 1. The second-order valence-corrected chi connectivity index (χ2v) is 3.27. The minimum Gasteiger partial charge on any atom is -0.364 e. The van der Waals surface area contributed by atoms with E-state index in [9.17, 15) is 4.79 Å². The van der Waals surface area contributed by atoms with Crippen molar-refractivity contribution in [2.24, 2.45) is 5.73 Å². The van der Waals surface area contributed by atoms with Gasteiger partial charge in [0.05, 0.1) is 0 Å². The average molecular weight is 178 g/mol. The molecule has 12 heavy (non-hydrogen) atoms. The summed E-state index contributed by atoms with van der Waals surface area (Å²) in [7, 11) is 0. The van der Waals surface area contributed by atoms with Gasteiger partial charge in [-0.2, -0.15) is 0 Å². The van der Waals surface area contributed by atoms with Crippen LogP contribution in [-0.2, 0) is 0 Å². The van der Waals surface area contributed by atoms with Crippen molar-refractivity contribution in [3.63, 3.8) is 0 Å². The van der Waals surface area contributed by atoms with Crippen molar-refractivity contribution in [1.82, 2.24) is 4.98 Å². The summed E-state index contributed by atoms with van der Waals surface area (Å²) in [5, 5.41) is 2.98. The molecule has 2 aromatic heterocycles. The highest BCUT2D eigenvalue weighted by Crippen LogP contribution is 2.18. The molecule has 4 heteroatoms. The van der Waals surface area contributed by atoms with Gasteiger partial charge in [-0.25, -0.2) is 4.98 Å². The molecule has 0 spiro atoms. The molecule has 0 unspecified atom stereocenters. The average Bonchev–Trinajstić information content (AvgIpc) is 2.49. The van der Waals surface area contributed by atoms with Crippen LogP contribution >= 0.6 is 11.3 Å². The van der Waals surface area contributed by atoms with Gasteiger partial charge in [-0.05, 0) is 23.6 Å². The highest BCUT2D eigenvalue weighted by molar-refractivity contribution is 7.16. The molecule has 0 radical (unpaired) electrons. The van der Waals surface area contributed by atoms with Gasteiger partial charge in [0.2, 0.25) is 0 Å². The molecule has 0 aliphatic carbocycles. The molecule has 0 atom stereocenters. The Bertz CT molecular complexity index is 435. The minimum absolute atomic E-state index is 0.324. The van der Waals surface area contributed by atoms with Gasteiger partial charge < -0.3 is 5.73 Å². The predicted octanol–water partition coefficient (Wildman–Crippen LogP) is 1.40. The number of pyridine rings is 1. The van der Waals surface area contributed by atoms with Crippen molar-refractivity contribution in [3.05, 3.63) is 29.3 Å². The number of amides is 1. The van der Waals surface area contributed by atoms with Gasteiger partial charge in [-0.15, -0.1) is 11.3 Å². The Morgan fingerprint density at radius 1 is 1.42 bits per heavy atom. The molecule has 0 aliphatic rings. The van der Waals surface area contributed by atoms with E-state index in [4.69, 9.17) is 5.73 Å². The van der Waals surface area contributed by atoms with Crippen molar-refractivity contribution in [2.45, 2.75) is 0 Å². The van der Waals surface area contributed by atoms with Crippen LogP contribution in [0.25, 0.3) is 10.2 Å². The maximum absolute atomic E-state index is 10.7. The zero-order valence-corrected chi connectivity index (χ0v) is 6.97. The van der Waals surface area contributed by atoms with Gasteiger partial charge in [0.15, 0.2) is 0 Å². The first-order valence-corrected chi connectivity index (χ1v) is 4.29. The van der Waals surface area contributed by atoms with E-state index >= 15 is 0 Å². The standard InChI is InChI=1S/C8H6N2OS/c9-7(11)6-2-1-5-3-4-12-8(5)10-6/h1-4H,(H2,9,11). The predicted molar refractivity (Wildman–Crippen MR) is 48.1 cm³/mol. The van der Waals surface area contributed by atoms with E-state index in [0.29, 0.717) is 5.69 Å². The maximum atomic E-state index is 10.7. The fourth-order valence-electron chi connectivity index (χ4n) is 0.981. The quantitative estimate of drug-likeness (QED) is 0.717. The highest BCUT2D eigenvalue weighted by Gasteiger charge is 2.03. The molecular formula is C8H6N2OS. The number of hydrogen-bond donors (Lipinski definition) is 1. The third kappa shape index (κ3) is 1.06. The first-order valence-electron chi connectivity index (χ1n) is 3.41. The van der Waals surface area contributed by atoms with Gasteiger partial charge in [-0.1, -0.05) is 0 Å². The van der Waals surface area contributed by atoms with Crippen LogP contribution in [0.1, 0.15) is 10.5 Å². The Morgan fingerprint density at radius 3 is 3.00 bits per heavy atom. The normalized spacial score (nSPS) is 10.3. The van der Waals surface area contributed by atoms with E-state index in [0.717, 1.165) is 10.2 Å². The maximum Gasteiger partial charge on any atom is 0.267 e. The first-order chi connectivity index (χ1) is 5.77. The molecule has 2 N–H and O–H groups in total. The summed E-state index contributed by atoms with van der Waals surface area (Å²) in [5.74, 6) is -0.481. The van der Waals surface area contributed by atoms with E-state index in [1.807, 2.05) is 17.5 Å². The number of carbonyl (C=O) groups is 1. The summed E-state index contributed by atoms with van der Waals surface area (Å²) >= 11 is 1.50. The Hall–Kier alpha value is -1.42. The monoisotopic (exact) mass is 178 g/mol. The fraction of sp³-hybridized carbons (Fsp3) is 0. The number of thiophene rings is 1. The molecule has 0 aromatic carbocycles. The van der Waals surface area contributed by atoms with E-state index in [1.165, 1.54) is 11.3 Å². The number of primary amides is 1. The van der Waals surface area contributed by atoms with Gasteiger partial charge in [0.25, 0.3) is 5.91 Å². The van der Waals surface area contributed by atoms with E-state index in [-0.39, 0.29) is 0 Å². The zero-order valence-electron chi connectivity index (χ0n) is 6.15. The van der Waals surface area contributed by atoms with Crippen LogP contribution in [0.2, 0.25) is 0 Å². The lowest BCUT2D eigenvalue weighted by Crippen LogP contribution is -2.12. The van der Waals surface area contributed by atoms with E-state index in [2.05, 4.69) is 4.98 Å². The molecule has 3 nitrogen and oxygen atoms in total. The van der Waals surface area contributed by atoms with Crippen LogP contribution in [0.5, 0.6) is 0 Å². The van der Waals surface area contributed by atoms with Crippen LogP contribution in [0.3, 0.4) is 0 Å². The fourth-order valence-corrected chi connectivity index (χ4v) is 1.75. The van der Waals surface area contributed by atoms with Crippen molar-refractivity contribution < 1.29 is 4.79 Å². The van der Waals surface area contributed by atoms with Gasteiger partial charge in [-0.3, -0.25) is 4.79 Å². The lowest BCUT2D eigenvalue weighted by molar-refractivity contribution is 0.0996. The molecule has 0 bridgehead atoms. The van der Waals surface area contributed by atoms with Crippen LogP contribution in [0, 0.1) is 0 Å². The summed E-state index contributed by atoms with van der Waals surface area (Å²) in [4.78, 5) is 15.7. The minimum atomic E-state index is -0.481. The van der Waals surface area contributed by atoms with Crippen LogP contribution in [0.4, 0.5) is 0 Å². The van der Waals surface area contributed by atoms with Gasteiger partial charge in [0.1, 0.15) is 10.5 Å². The second kappa shape index (κ2) is 2.57. The molecule has 2 rings (SSSR count). The lowest BCUT2D eigenvalue weighted by Gasteiger charge is -1.92. The smallest absolute Gasteiger partial charge is 0.267 e. The van der Waals surface area contributed by atoms with E-state index in [1.54, 1.807) is 6.07 Å². The molecule has 0 aliphatic heterocycles. The SMILES string of the molecule is NC(=O)c1ccc2ccsc2n1. The molecule has 1 amide bonds. The third-order valence-corrected chi connectivity index (χ3v) is 2.39. The van der Waals surface area contributed by atoms with Gasteiger partial charge >= 0.3 is 0 Å². The molecule has 0 saturated heterocycles. The summed E-state index contributed by atoms with van der Waals surface area (Å²) < 4.78 is 0. The number of carbonyl (C=O) groups excluding carboxylic acids is 1. The zero-order chi connectivity index (χ0) is 8.55. The van der Waals surface area contributed by atoms with E-state index < -0.39 is 5.91 Å². The topological polar surface area (TPSA) is 56.0 Å². The molecule has 0 fully saturated rings. The van der Waals surface area contributed by atoms with Crippen molar-refractivity contribution in [3.8, 4) is 0 Å². The summed E-state index contributed by atoms with van der Waals surface area (Å²) in [6, 6.07) is 5.44. The summed E-state index contributed by atoms with van der Waals surface area (Å²) in [5.41, 5.74) is 5.40. The second-order valence-electron chi connectivity index (χ2n) is 2.38. The number of aromatic nitrogens is 1. The lowest BCUT2D eigenvalue weighted by atomic mass is 10.3. The van der Waals surface area contributed by atoms with Gasteiger partial charge in [0, 0.05) is 5.39 Å². The number of nitrogens with two attached hydrogens (primary N) is 1. The third-order valence-electron chi connectivity index (χ3n) is 1.57. The molecule has 2 aromatic rings. The number of hydrogen-bond acceptors (Lipinski definition) is 3. The number of nitrogens with zero attached hydrogens (tertiary/aromatic N) is 1. The molecule has 60 valence electrons. The first kappa shape index (κ1) is 7.24. The highest BCUT2D eigenvalue weighted by atomic mass is 32.1. The summed E-state index contributed by atoms with van der Waals surface area (Å²) in [6.45, 7) is 0. The molecular weight excluding hydrogens is 172 g/mol. The Kier molecular flexibility index (Phi) is 1.55. The Morgan fingerprint density at radius 2 is 2.25 bits per heavy atom. The molecule has 0 saturated carbocycles. The Labute approximate surface area is 72.8 Å². The van der Waals surface area contributed by atoms with Crippen molar-refractivity contribution in [2.75, 3.05) is 0 Å². The van der Waals surface area contributed by atoms with Crippen molar-refractivity contribution >= 4 is 27.5 Å². The Balaban J connectivity index is 2.68. The summed E-state index contributed by atoms with van der Waals surface area (Å²) in [6.07, 6.45) is 0. The number of rotatable bonds is 1. The van der Waals surface area contributed by atoms with Crippen LogP contribution < -0.4 is 5.73 Å².